The van der Waals surface area contributed by atoms with Gasteiger partial charge in [-0.1, -0.05) is 0 Å². The summed E-state index contributed by atoms with van der Waals surface area (Å²) in [5.41, 5.74) is 0.0709. The number of hydrogen-bond acceptors (Lipinski definition) is 3. The predicted octanol–water partition coefficient (Wildman–Crippen LogP) is 0.929. The third-order valence-corrected chi connectivity index (χ3v) is 4.18. The summed E-state index contributed by atoms with van der Waals surface area (Å²) in [6, 6.07) is 0. The molecule has 2 heterocycles. The highest BCUT2D eigenvalue weighted by Crippen LogP contribution is 2.20. The monoisotopic (exact) mass is 253 g/mol. The van der Waals surface area contributed by atoms with Gasteiger partial charge in [0, 0.05) is 38.1 Å². The lowest BCUT2D eigenvalue weighted by Crippen LogP contribution is -2.58. The molecular formula is C14H27N3O. The van der Waals surface area contributed by atoms with Gasteiger partial charge < -0.3 is 15.1 Å². The third-order valence-electron chi connectivity index (χ3n) is 4.18. The van der Waals surface area contributed by atoms with Crippen LogP contribution in [-0.4, -0.2) is 61.0 Å². The van der Waals surface area contributed by atoms with Crippen molar-refractivity contribution in [3.8, 4) is 0 Å². The first kappa shape index (κ1) is 13.8. The highest BCUT2D eigenvalue weighted by atomic mass is 16.2. The zero-order chi connectivity index (χ0) is 13.2. The summed E-state index contributed by atoms with van der Waals surface area (Å²) in [4.78, 5) is 16.6. The van der Waals surface area contributed by atoms with Crippen LogP contribution in [0.25, 0.3) is 0 Å². The first-order chi connectivity index (χ1) is 8.46. The van der Waals surface area contributed by atoms with Crippen molar-refractivity contribution in [2.45, 2.75) is 38.6 Å². The molecule has 2 aliphatic heterocycles. The maximum absolute atomic E-state index is 12.2. The van der Waals surface area contributed by atoms with Gasteiger partial charge in [-0.2, -0.15) is 0 Å². The van der Waals surface area contributed by atoms with Crippen LogP contribution in [0.15, 0.2) is 0 Å². The molecule has 4 nitrogen and oxygen atoms in total. The Balaban J connectivity index is 1.74. The third kappa shape index (κ3) is 3.69. The number of carbonyl (C=O) groups excluding carboxylic acids is 1. The molecule has 0 aliphatic carbocycles. The molecule has 1 atom stereocenters. The van der Waals surface area contributed by atoms with E-state index in [1.54, 1.807) is 0 Å². The largest absolute Gasteiger partial charge is 0.340 e. The number of nitrogens with one attached hydrogen (secondary N) is 1. The number of piperazine rings is 1. The zero-order valence-corrected chi connectivity index (χ0v) is 12.0. The molecule has 4 heteroatoms. The SMILES string of the molecule is CN1CCC(CCC(=O)N2CCNC(C)(C)C2)C1. The molecule has 0 aromatic rings. The van der Waals surface area contributed by atoms with Gasteiger partial charge in [0.15, 0.2) is 0 Å². The lowest BCUT2D eigenvalue weighted by molar-refractivity contribution is -0.133. The topological polar surface area (TPSA) is 35.6 Å². The van der Waals surface area contributed by atoms with E-state index in [-0.39, 0.29) is 5.54 Å². The molecule has 0 bridgehead atoms. The van der Waals surface area contributed by atoms with E-state index in [1.807, 2.05) is 4.90 Å². The van der Waals surface area contributed by atoms with E-state index in [0.29, 0.717) is 5.91 Å². The molecule has 1 N–H and O–H groups in total. The highest BCUT2D eigenvalue weighted by molar-refractivity contribution is 5.76. The van der Waals surface area contributed by atoms with Gasteiger partial charge >= 0.3 is 0 Å². The molecule has 0 saturated carbocycles. The van der Waals surface area contributed by atoms with Gasteiger partial charge in [0.05, 0.1) is 0 Å². The van der Waals surface area contributed by atoms with E-state index in [0.717, 1.165) is 38.4 Å². The molecule has 1 amide bonds. The molecule has 0 radical (unpaired) electrons. The predicted molar refractivity (Wildman–Crippen MR) is 73.5 cm³/mol. The smallest absolute Gasteiger partial charge is 0.222 e. The fraction of sp³-hybridized carbons (Fsp3) is 0.929. The molecule has 18 heavy (non-hydrogen) atoms. The minimum Gasteiger partial charge on any atom is -0.340 e. The van der Waals surface area contributed by atoms with Crippen molar-refractivity contribution in [1.82, 2.24) is 15.1 Å². The van der Waals surface area contributed by atoms with Gasteiger partial charge in [-0.25, -0.2) is 0 Å². The van der Waals surface area contributed by atoms with E-state index in [2.05, 4.69) is 31.1 Å². The number of nitrogens with zero attached hydrogens (tertiary/aromatic N) is 2. The molecule has 0 aromatic carbocycles. The minimum absolute atomic E-state index is 0.0709. The molecular weight excluding hydrogens is 226 g/mol. The van der Waals surface area contributed by atoms with Crippen molar-refractivity contribution in [2.24, 2.45) is 5.92 Å². The molecule has 2 fully saturated rings. The Hall–Kier alpha value is -0.610. The van der Waals surface area contributed by atoms with Gasteiger partial charge in [-0.15, -0.1) is 0 Å². The van der Waals surface area contributed by atoms with E-state index in [9.17, 15) is 4.79 Å². The summed E-state index contributed by atoms with van der Waals surface area (Å²) in [5.74, 6) is 1.08. The number of amides is 1. The van der Waals surface area contributed by atoms with Crippen molar-refractivity contribution in [1.29, 1.82) is 0 Å². The number of hydrogen-bond donors (Lipinski definition) is 1. The fourth-order valence-electron chi connectivity index (χ4n) is 3.10. The van der Waals surface area contributed by atoms with Gasteiger partial charge in [-0.3, -0.25) is 4.79 Å². The second kappa shape index (κ2) is 5.57. The lowest BCUT2D eigenvalue weighted by Gasteiger charge is -2.39. The summed E-state index contributed by atoms with van der Waals surface area (Å²) < 4.78 is 0. The standard InChI is InChI=1S/C14H27N3O/c1-14(2)11-17(9-7-15-14)13(18)5-4-12-6-8-16(3)10-12/h12,15H,4-11H2,1-3H3. The summed E-state index contributed by atoms with van der Waals surface area (Å²) in [6.07, 6.45) is 3.05. The van der Waals surface area contributed by atoms with Gasteiger partial charge in [0.25, 0.3) is 0 Å². The van der Waals surface area contributed by atoms with Crippen LogP contribution in [0.3, 0.4) is 0 Å². The van der Waals surface area contributed by atoms with E-state index in [4.69, 9.17) is 0 Å². The van der Waals surface area contributed by atoms with Crippen molar-refractivity contribution in [3.05, 3.63) is 0 Å². The lowest BCUT2D eigenvalue weighted by atomic mass is 9.99. The average Bonchev–Trinajstić information content (AvgIpc) is 2.70. The quantitative estimate of drug-likeness (QED) is 0.813. The van der Waals surface area contributed by atoms with Crippen LogP contribution in [0.5, 0.6) is 0 Å². The van der Waals surface area contributed by atoms with Crippen LogP contribution in [0.1, 0.15) is 33.1 Å². The van der Waals surface area contributed by atoms with Crippen molar-refractivity contribution < 1.29 is 4.79 Å². The molecule has 2 saturated heterocycles. The Morgan fingerprint density at radius 1 is 1.39 bits per heavy atom. The molecule has 2 rings (SSSR count). The second-order valence-electron chi connectivity index (χ2n) is 6.58. The van der Waals surface area contributed by atoms with E-state index in [1.165, 1.54) is 19.5 Å². The Morgan fingerprint density at radius 2 is 2.17 bits per heavy atom. The van der Waals surface area contributed by atoms with Crippen LogP contribution in [0.4, 0.5) is 0 Å². The van der Waals surface area contributed by atoms with Gasteiger partial charge in [-0.05, 0) is 46.2 Å². The van der Waals surface area contributed by atoms with Gasteiger partial charge in [0.1, 0.15) is 0 Å². The summed E-state index contributed by atoms with van der Waals surface area (Å²) >= 11 is 0. The molecule has 2 aliphatic rings. The van der Waals surface area contributed by atoms with Crippen LogP contribution < -0.4 is 5.32 Å². The Labute approximate surface area is 111 Å². The van der Waals surface area contributed by atoms with Crippen LogP contribution in [0.2, 0.25) is 0 Å². The second-order valence-corrected chi connectivity index (χ2v) is 6.58. The zero-order valence-electron chi connectivity index (χ0n) is 12.0. The summed E-state index contributed by atoms with van der Waals surface area (Å²) in [7, 11) is 2.17. The van der Waals surface area contributed by atoms with Gasteiger partial charge in [0.2, 0.25) is 5.91 Å². The molecule has 0 spiro atoms. The Bertz CT molecular complexity index is 303. The Morgan fingerprint density at radius 3 is 2.78 bits per heavy atom. The number of likely N-dealkylation sites (tertiary alicyclic amines) is 1. The fourth-order valence-corrected chi connectivity index (χ4v) is 3.10. The minimum atomic E-state index is 0.0709. The average molecular weight is 253 g/mol. The maximum Gasteiger partial charge on any atom is 0.222 e. The highest BCUT2D eigenvalue weighted by Gasteiger charge is 2.29. The van der Waals surface area contributed by atoms with Crippen LogP contribution >= 0.6 is 0 Å². The first-order valence-electron chi connectivity index (χ1n) is 7.18. The molecule has 0 aromatic heterocycles. The van der Waals surface area contributed by atoms with Crippen molar-refractivity contribution in [3.63, 3.8) is 0 Å². The number of carbonyl (C=O) groups is 1. The van der Waals surface area contributed by atoms with Crippen LogP contribution in [0, 0.1) is 5.92 Å². The Kier molecular flexibility index (Phi) is 4.28. The summed E-state index contributed by atoms with van der Waals surface area (Å²) in [6.45, 7) is 9.32. The summed E-state index contributed by atoms with van der Waals surface area (Å²) in [5, 5.41) is 3.45. The van der Waals surface area contributed by atoms with E-state index < -0.39 is 0 Å². The number of rotatable bonds is 3. The first-order valence-corrected chi connectivity index (χ1v) is 7.18. The maximum atomic E-state index is 12.2. The molecule has 104 valence electrons. The van der Waals surface area contributed by atoms with E-state index >= 15 is 0 Å². The molecule has 1 unspecified atom stereocenters. The normalized spacial score (nSPS) is 28.6. The van der Waals surface area contributed by atoms with Crippen LogP contribution in [-0.2, 0) is 4.79 Å². The van der Waals surface area contributed by atoms with Crippen molar-refractivity contribution in [2.75, 3.05) is 39.8 Å². The van der Waals surface area contributed by atoms with Crippen molar-refractivity contribution >= 4 is 5.91 Å².